The summed E-state index contributed by atoms with van der Waals surface area (Å²) >= 11 is 0. The largest absolute Gasteiger partial charge is 0.465 e. The lowest BCUT2D eigenvalue weighted by molar-refractivity contribution is 0.0596. The quantitative estimate of drug-likeness (QED) is 0.583. The summed E-state index contributed by atoms with van der Waals surface area (Å²) in [6.45, 7) is 0.0407. The molecule has 0 amide bonds. The molecule has 0 aliphatic carbocycles. The van der Waals surface area contributed by atoms with Gasteiger partial charge in [-0.25, -0.2) is 22.3 Å². The van der Waals surface area contributed by atoms with Crippen LogP contribution in [0.25, 0.3) is 0 Å². The number of ether oxygens (including phenoxy) is 1. The molecule has 1 aromatic rings. The van der Waals surface area contributed by atoms with Gasteiger partial charge in [-0.1, -0.05) is 0 Å². The molecule has 0 heterocycles. The maximum Gasteiger partial charge on any atom is 0.339 e. The molecular weight excluding hydrogens is 321 g/mol. The molecule has 0 aliphatic heterocycles. The number of rotatable bonds is 7. The van der Waals surface area contributed by atoms with Crippen molar-refractivity contribution < 1.29 is 26.5 Å². The summed E-state index contributed by atoms with van der Waals surface area (Å²) < 4.78 is 55.1. The fourth-order valence-corrected chi connectivity index (χ4v) is 3.38. The van der Waals surface area contributed by atoms with Crippen molar-refractivity contribution in [3.05, 3.63) is 29.6 Å². The summed E-state index contributed by atoms with van der Waals surface area (Å²) in [6, 6.07) is 2.79. The van der Waals surface area contributed by atoms with E-state index in [0.29, 0.717) is 12.2 Å². The molecule has 1 aromatic carbocycles. The zero-order valence-electron chi connectivity index (χ0n) is 11.6. The highest BCUT2D eigenvalue weighted by atomic mass is 32.2. The van der Waals surface area contributed by atoms with Crippen molar-refractivity contribution in [3.63, 3.8) is 0 Å². The van der Waals surface area contributed by atoms with Gasteiger partial charge in [-0.15, -0.1) is 0 Å². The van der Waals surface area contributed by atoms with E-state index in [0.717, 1.165) is 25.3 Å². The second-order valence-corrected chi connectivity index (χ2v) is 7.45. The zero-order valence-corrected chi connectivity index (χ0v) is 13.2. The third kappa shape index (κ3) is 5.18. The second-order valence-electron chi connectivity index (χ2n) is 4.16. The summed E-state index contributed by atoms with van der Waals surface area (Å²) in [7, 11) is -3.98. The standard InChI is InChI=1S/C12H16FNO5S2/c1-19-12(15)10-5-4-9(13)8-11(10)21(17,18)14-6-3-7-20(2)16/h4-5,8,14H,3,6-7H2,1-2H3. The van der Waals surface area contributed by atoms with Crippen LogP contribution in [0.1, 0.15) is 16.8 Å². The van der Waals surface area contributed by atoms with Crippen LogP contribution in [-0.2, 0) is 25.6 Å². The van der Waals surface area contributed by atoms with Gasteiger partial charge in [0.15, 0.2) is 0 Å². The minimum atomic E-state index is -4.06. The monoisotopic (exact) mass is 337 g/mol. The lowest BCUT2D eigenvalue weighted by Crippen LogP contribution is -2.27. The van der Waals surface area contributed by atoms with Crippen molar-refractivity contribution in [2.24, 2.45) is 0 Å². The number of halogens is 1. The maximum atomic E-state index is 13.3. The molecule has 21 heavy (non-hydrogen) atoms. The molecule has 1 atom stereocenters. The number of sulfonamides is 1. The molecule has 0 aromatic heterocycles. The first-order valence-electron chi connectivity index (χ1n) is 5.95. The summed E-state index contributed by atoms with van der Waals surface area (Å²) in [4.78, 5) is 11.1. The minimum absolute atomic E-state index is 0.0407. The lowest BCUT2D eigenvalue weighted by atomic mass is 10.2. The van der Waals surface area contributed by atoms with Gasteiger partial charge < -0.3 is 4.74 Å². The van der Waals surface area contributed by atoms with Crippen LogP contribution < -0.4 is 4.72 Å². The van der Waals surface area contributed by atoms with E-state index in [1.165, 1.54) is 6.26 Å². The van der Waals surface area contributed by atoms with E-state index < -0.39 is 37.5 Å². The fourth-order valence-electron chi connectivity index (χ4n) is 1.56. The smallest absolute Gasteiger partial charge is 0.339 e. The van der Waals surface area contributed by atoms with Gasteiger partial charge in [0.05, 0.1) is 17.6 Å². The number of carbonyl (C=O) groups excluding carboxylic acids is 1. The van der Waals surface area contributed by atoms with Crippen molar-refractivity contribution in [1.29, 1.82) is 0 Å². The molecule has 9 heteroatoms. The molecule has 0 fully saturated rings. The SMILES string of the molecule is COC(=O)c1ccc(F)cc1S(=O)(=O)NCCCS(C)=O. The number of methoxy groups -OCH3 is 1. The highest BCUT2D eigenvalue weighted by Gasteiger charge is 2.23. The lowest BCUT2D eigenvalue weighted by Gasteiger charge is -2.10. The van der Waals surface area contributed by atoms with Crippen molar-refractivity contribution in [2.75, 3.05) is 25.7 Å². The Labute approximate surface area is 125 Å². The first kappa shape index (κ1) is 17.7. The van der Waals surface area contributed by atoms with Crippen LogP contribution >= 0.6 is 0 Å². The van der Waals surface area contributed by atoms with Crippen LogP contribution in [0.3, 0.4) is 0 Å². The van der Waals surface area contributed by atoms with E-state index >= 15 is 0 Å². The predicted octanol–water partition coefficient (Wildman–Crippen LogP) is 0.659. The molecule has 6 nitrogen and oxygen atoms in total. The van der Waals surface area contributed by atoms with Gasteiger partial charge in [0.2, 0.25) is 10.0 Å². The van der Waals surface area contributed by atoms with Crippen molar-refractivity contribution in [2.45, 2.75) is 11.3 Å². The number of hydrogen-bond donors (Lipinski definition) is 1. The molecule has 0 saturated carbocycles. The first-order valence-corrected chi connectivity index (χ1v) is 9.16. The Balaban J connectivity index is 2.99. The van der Waals surface area contributed by atoms with Gasteiger partial charge in [-0.2, -0.15) is 0 Å². The van der Waals surface area contributed by atoms with Crippen LogP contribution in [0.5, 0.6) is 0 Å². The van der Waals surface area contributed by atoms with Gasteiger partial charge in [0.1, 0.15) is 5.82 Å². The zero-order chi connectivity index (χ0) is 16.0. The number of carbonyl (C=O) groups is 1. The Morgan fingerprint density at radius 2 is 2.10 bits per heavy atom. The van der Waals surface area contributed by atoms with Crippen molar-refractivity contribution in [1.82, 2.24) is 4.72 Å². The molecule has 0 radical (unpaired) electrons. The first-order chi connectivity index (χ1) is 9.77. The van der Waals surface area contributed by atoms with Gasteiger partial charge in [-0.3, -0.25) is 4.21 Å². The Morgan fingerprint density at radius 1 is 1.43 bits per heavy atom. The van der Waals surface area contributed by atoms with E-state index in [-0.39, 0.29) is 12.1 Å². The molecule has 0 saturated heterocycles. The van der Waals surface area contributed by atoms with Crippen LogP contribution in [0.2, 0.25) is 0 Å². The molecule has 1 rings (SSSR count). The van der Waals surface area contributed by atoms with Gasteiger partial charge in [0, 0.05) is 29.4 Å². The van der Waals surface area contributed by atoms with Crippen LogP contribution in [-0.4, -0.2) is 44.3 Å². The Hall–Kier alpha value is -1.32. The Kier molecular flexibility index (Phi) is 6.43. The molecule has 1 unspecified atom stereocenters. The second kappa shape index (κ2) is 7.62. The van der Waals surface area contributed by atoms with Crippen molar-refractivity contribution >= 4 is 26.8 Å². The van der Waals surface area contributed by atoms with Gasteiger partial charge in [-0.05, 0) is 24.6 Å². The summed E-state index contributed by atoms with van der Waals surface area (Å²) in [5, 5.41) is 0. The summed E-state index contributed by atoms with van der Waals surface area (Å²) in [5.74, 6) is -1.31. The average Bonchev–Trinajstić information content (AvgIpc) is 2.42. The molecular formula is C12H16FNO5S2. The number of nitrogens with one attached hydrogen (secondary N) is 1. The van der Waals surface area contributed by atoms with Gasteiger partial charge in [0.25, 0.3) is 0 Å². The van der Waals surface area contributed by atoms with E-state index in [4.69, 9.17) is 0 Å². The van der Waals surface area contributed by atoms with Gasteiger partial charge >= 0.3 is 5.97 Å². The van der Waals surface area contributed by atoms with E-state index in [2.05, 4.69) is 9.46 Å². The number of hydrogen-bond acceptors (Lipinski definition) is 5. The average molecular weight is 337 g/mol. The number of esters is 1. The summed E-state index contributed by atoms with van der Waals surface area (Å²) in [6.07, 6.45) is 1.88. The third-order valence-electron chi connectivity index (χ3n) is 2.54. The van der Waals surface area contributed by atoms with Crippen LogP contribution in [0.4, 0.5) is 4.39 Å². The van der Waals surface area contributed by atoms with E-state index in [9.17, 15) is 21.8 Å². The normalized spacial score (nSPS) is 12.9. The summed E-state index contributed by atoms with van der Waals surface area (Å²) in [5.41, 5.74) is -0.245. The molecule has 0 spiro atoms. The highest BCUT2D eigenvalue weighted by molar-refractivity contribution is 7.89. The minimum Gasteiger partial charge on any atom is -0.465 e. The Bertz CT molecular complexity index is 645. The topological polar surface area (TPSA) is 89.5 Å². The fraction of sp³-hybridized carbons (Fsp3) is 0.417. The Morgan fingerprint density at radius 3 is 2.67 bits per heavy atom. The third-order valence-corrected chi connectivity index (χ3v) is 4.90. The predicted molar refractivity (Wildman–Crippen MR) is 76.5 cm³/mol. The van der Waals surface area contributed by atoms with Crippen molar-refractivity contribution in [3.8, 4) is 0 Å². The van der Waals surface area contributed by atoms with Crippen LogP contribution in [0.15, 0.2) is 23.1 Å². The highest BCUT2D eigenvalue weighted by Crippen LogP contribution is 2.18. The molecule has 1 N–H and O–H groups in total. The number of benzene rings is 1. The molecule has 118 valence electrons. The van der Waals surface area contributed by atoms with E-state index in [1.54, 1.807) is 0 Å². The van der Waals surface area contributed by atoms with Crippen LogP contribution in [0, 0.1) is 5.82 Å². The molecule has 0 aliphatic rings. The van der Waals surface area contributed by atoms with E-state index in [1.807, 2.05) is 0 Å². The maximum absolute atomic E-state index is 13.3. The molecule has 0 bridgehead atoms.